The van der Waals surface area contributed by atoms with Crippen LogP contribution in [-0.4, -0.2) is 49.8 Å². The van der Waals surface area contributed by atoms with E-state index >= 15 is 0 Å². The summed E-state index contributed by atoms with van der Waals surface area (Å²) in [5, 5.41) is 9.78. The molecule has 1 rings (SSSR count). The van der Waals surface area contributed by atoms with Crippen molar-refractivity contribution in [2.75, 3.05) is 20.3 Å². The Bertz CT molecular complexity index is 162. The van der Waals surface area contributed by atoms with Gasteiger partial charge in [-0.2, -0.15) is 0 Å². The number of hydrogen-bond acceptors (Lipinski definition) is 4. The molecule has 0 aromatic carbocycles. The van der Waals surface area contributed by atoms with Gasteiger partial charge in [-0.1, -0.05) is 6.92 Å². The number of hydrogen-bond donors (Lipinski definition) is 1. The Labute approximate surface area is 85.2 Å². The van der Waals surface area contributed by atoms with Crippen molar-refractivity contribution in [2.45, 2.75) is 44.7 Å². The molecule has 2 unspecified atom stereocenters. The lowest BCUT2D eigenvalue weighted by Crippen LogP contribution is -2.36. The Hall–Kier alpha value is -0.160. The molecule has 0 spiro atoms. The van der Waals surface area contributed by atoms with Gasteiger partial charge in [0.15, 0.2) is 0 Å². The Kier molecular flexibility index (Phi) is 4.81. The lowest BCUT2D eigenvalue weighted by molar-refractivity contribution is -0.0605. The molecule has 1 fully saturated rings. The summed E-state index contributed by atoms with van der Waals surface area (Å²) in [5.74, 6) is 0. The second-order valence-electron chi connectivity index (χ2n) is 3.66. The molecule has 1 aliphatic heterocycles. The first-order valence-corrected chi connectivity index (χ1v) is 5.14. The van der Waals surface area contributed by atoms with Gasteiger partial charge in [-0.25, -0.2) is 0 Å². The van der Waals surface area contributed by atoms with Crippen molar-refractivity contribution in [2.24, 2.45) is 0 Å². The van der Waals surface area contributed by atoms with E-state index < -0.39 is 6.10 Å². The average molecular weight is 204 g/mol. The van der Waals surface area contributed by atoms with Crippen molar-refractivity contribution in [3.63, 3.8) is 0 Å². The van der Waals surface area contributed by atoms with E-state index in [1.807, 2.05) is 13.8 Å². The van der Waals surface area contributed by atoms with Gasteiger partial charge in [-0.05, 0) is 13.3 Å². The zero-order chi connectivity index (χ0) is 10.6. The highest BCUT2D eigenvalue weighted by molar-refractivity contribution is 4.89. The highest BCUT2D eigenvalue weighted by atomic mass is 16.6. The third-order valence-electron chi connectivity index (χ3n) is 2.42. The maximum Gasteiger partial charge on any atom is 0.114 e. The van der Waals surface area contributed by atoms with Crippen LogP contribution in [0.1, 0.15) is 20.3 Å². The van der Waals surface area contributed by atoms with Crippen LogP contribution in [0.3, 0.4) is 0 Å². The van der Waals surface area contributed by atoms with Gasteiger partial charge in [-0.3, -0.25) is 0 Å². The van der Waals surface area contributed by atoms with Gasteiger partial charge in [0.2, 0.25) is 0 Å². The van der Waals surface area contributed by atoms with Gasteiger partial charge in [0.1, 0.15) is 18.3 Å². The third kappa shape index (κ3) is 2.67. The van der Waals surface area contributed by atoms with E-state index in [4.69, 9.17) is 14.2 Å². The molecule has 84 valence electrons. The number of aliphatic hydroxyl groups is 1. The normalized spacial score (nSPS) is 37.7. The Balaban J connectivity index is 2.47. The summed E-state index contributed by atoms with van der Waals surface area (Å²) >= 11 is 0. The molecule has 4 heteroatoms. The summed E-state index contributed by atoms with van der Waals surface area (Å²) in [5.41, 5.74) is 0. The quantitative estimate of drug-likeness (QED) is 0.711. The van der Waals surface area contributed by atoms with Gasteiger partial charge < -0.3 is 19.3 Å². The fraction of sp³-hybridized carbons (Fsp3) is 1.00. The van der Waals surface area contributed by atoms with E-state index in [-0.39, 0.29) is 18.3 Å². The molecule has 14 heavy (non-hydrogen) atoms. The molecule has 4 atom stereocenters. The average Bonchev–Trinajstić information content (AvgIpc) is 2.42. The molecular weight excluding hydrogens is 184 g/mol. The minimum atomic E-state index is -0.540. The summed E-state index contributed by atoms with van der Waals surface area (Å²) in [6.45, 7) is 5.01. The topological polar surface area (TPSA) is 47.9 Å². The molecule has 4 nitrogen and oxygen atoms in total. The maximum absolute atomic E-state index is 9.78. The summed E-state index contributed by atoms with van der Waals surface area (Å²) < 4.78 is 16.1. The molecule has 1 saturated heterocycles. The van der Waals surface area contributed by atoms with E-state index in [1.165, 1.54) is 0 Å². The first-order valence-electron chi connectivity index (χ1n) is 5.14. The fourth-order valence-electron chi connectivity index (χ4n) is 1.68. The van der Waals surface area contributed by atoms with Crippen LogP contribution in [0.2, 0.25) is 0 Å². The smallest absolute Gasteiger partial charge is 0.114 e. The van der Waals surface area contributed by atoms with Gasteiger partial charge in [0, 0.05) is 13.7 Å². The number of rotatable bonds is 5. The zero-order valence-electron chi connectivity index (χ0n) is 9.10. The molecule has 0 aromatic rings. The van der Waals surface area contributed by atoms with Crippen LogP contribution in [0.25, 0.3) is 0 Å². The summed E-state index contributed by atoms with van der Waals surface area (Å²) in [7, 11) is 1.62. The number of ether oxygens (including phenoxy) is 3. The van der Waals surface area contributed by atoms with Crippen LogP contribution in [-0.2, 0) is 14.2 Å². The van der Waals surface area contributed by atoms with E-state index in [0.717, 1.165) is 6.42 Å². The predicted octanol–water partition coefficient (Wildman–Crippen LogP) is 0.576. The Morgan fingerprint density at radius 2 is 2.14 bits per heavy atom. The first-order chi connectivity index (χ1) is 6.70. The molecule has 1 N–H and O–H groups in total. The molecule has 0 radical (unpaired) electrons. The maximum atomic E-state index is 9.78. The van der Waals surface area contributed by atoms with Crippen LogP contribution in [0.5, 0.6) is 0 Å². The largest absolute Gasteiger partial charge is 0.388 e. The minimum Gasteiger partial charge on any atom is -0.388 e. The zero-order valence-corrected chi connectivity index (χ0v) is 9.10. The Morgan fingerprint density at radius 3 is 2.71 bits per heavy atom. The van der Waals surface area contributed by atoms with Gasteiger partial charge in [0.05, 0.1) is 12.7 Å². The van der Waals surface area contributed by atoms with Crippen molar-refractivity contribution >= 4 is 0 Å². The van der Waals surface area contributed by atoms with Crippen molar-refractivity contribution in [1.82, 2.24) is 0 Å². The summed E-state index contributed by atoms with van der Waals surface area (Å²) in [4.78, 5) is 0. The van der Waals surface area contributed by atoms with E-state index in [2.05, 4.69) is 0 Å². The Morgan fingerprint density at radius 1 is 1.43 bits per heavy atom. The van der Waals surface area contributed by atoms with Crippen LogP contribution >= 0.6 is 0 Å². The standard InChI is InChI=1S/C10H20O4/c1-4-5-13-10-8(6-12-3)14-7(2)9(10)11/h7-11H,4-6H2,1-3H3/t7-,8+,9?,10?/m0/s1. The van der Waals surface area contributed by atoms with Gasteiger partial charge >= 0.3 is 0 Å². The second kappa shape index (κ2) is 5.66. The monoisotopic (exact) mass is 204 g/mol. The summed E-state index contributed by atoms with van der Waals surface area (Å²) in [6.07, 6.45) is -0.155. The number of aliphatic hydroxyl groups excluding tert-OH is 1. The minimum absolute atomic E-state index is 0.142. The van der Waals surface area contributed by atoms with Gasteiger partial charge in [0.25, 0.3) is 0 Å². The molecule has 0 aromatic heterocycles. The second-order valence-corrected chi connectivity index (χ2v) is 3.66. The van der Waals surface area contributed by atoms with Crippen molar-refractivity contribution in [3.05, 3.63) is 0 Å². The van der Waals surface area contributed by atoms with Crippen LogP contribution in [0, 0.1) is 0 Å². The van der Waals surface area contributed by atoms with Crippen LogP contribution in [0.15, 0.2) is 0 Å². The highest BCUT2D eigenvalue weighted by Crippen LogP contribution is 2.24. The molecule has 1 heterocycles. The molecule has 0 aliphatic carbocycles. The fourth-order valence-corrected chi connectivity index (χ4v) is 1.68. The third-order valence-corrected chi connectivity index (χ3v) is 2.42. The first kappa shape index (κ1) is 11.9. The van der Waals surface area contributed by atoms with Crippen molar-refractivity contribution in [1.29, 1.82) is 0 Å². The van der Waals surface area contributed by atoms with Gasteiger partial charge in [-0.15, -0.1) is 0 Å². The lowest BCUT2D eigenvalue weighted by atomic mass is 10.1. The van der Waals surface area contributed by atoms with E-state index in [1.54, 1.807) is 7.11 Å². The van der Waals surface area contributed by atoms with Crippen molar-refractivity contribution < 1.29 is 19.3 Å². The predicted molar refractivity (Wildman–Crippen MR) is 52.2 cm³/mol. The SMILES string of the molecule is CCCOC1C(O)[C@H](C)O[C@@H]1COC. The summed E-state index contributed by atoms with van der Waals surface area (Å²) in [6, 6.07) is 0. The highest BCUT2D eigenvalue weighted by Gasteiger charge is 2.41. The van der Waals surface area contributed by atoms with E-state index in [0.29, 0.717) is 13.2 Å². The lowest BCUT2D eigenvalue weighted by Gasteiger charge is -2.19. The molecular formula is C10H20O4. The molecule has 0 amide bonds. The van der Waals surface area contributed by atoms with Crippen LogP contribution < -0.4 is 0 Å². The van der Waals surface area contributed by atoms with E-state index in [9.17, 15) is 5.11 Å². The van der Waals surface area contributed by atoms with Crippen molar-refractivity contribution in [3.8, 4) is 0 Å². The molecule has 0 bridgehead atoms. The molecule has 1 aliphatic rings. The number of methoxy groups -OCH3 is 1. The molecule has 0 saturated carbocycles. The van der Waals surface area contributed by atoms with Crippen LogP contribution in [0.4, 0.5) is 0 Å².